The van der Waals surface area contributed by atoms with Crippen molar-refractivity contribution < 1.29 is 9.66 Å². The van der Waals surface area contributed by atoms with Gasteiger partial charge in [0.25, 0.3) is 5.69 Å². The minimum atomic E-state index is -0.440. The van der Waals surface area contributed by atoms with E-state index in [2.05, 4.69) is 45.2 Å². The van der Waals surface area contributed by atoms with E-state index in [0.29, 0.717) is 21.3 Å². The number of non-ortho nitro benzene ring substituents is 1. The van der Waals surface area contributed by atoms with Gasteiger partial charge in [-0.15, -0.1) is 0 Å². The molecular formula is C11H12Br2NO3. The van der Waals surface area contributed by atoms with Crippen LogP contribution in [-0.4, -0.2) is 11.5 Å². The number of nitro groups is 1. The average Bonchev–Trinajstić information content (AvgIpc) is 2.26. The van der Waals surface area contributed by atoms with Gasteiger partial charge in [0, 0.05) is 12.1 Å². The highest BCUT2D eigenvalue weighted by molar-refractivity contribution is 9.11. The fourth-order valence-corrected chi connectivity index (χ4v) is 2.63. The zero-order valence-corrected chi connectivity index (χ0v) is 12.5. The predicted molar refractivity (Wildman–Crippen MR) is 73.2 cm³/mol. The molecule has 0 aliphatic carbocycles. The lowest BCUT2D eigenvalue weighted by atomic mass is 10.2. The molecule has 0 N–H and O–H groups in total. The number of unbranched alkanes of at least 4 members (excludes halogenated alkanes) is 2. The third-order valence-electron chi connectivity index (χ3n) is 2.05. The Morgan fingerprint density at radius 2 is 2.00 bits per heavy atom. The van der Waals surface area contributed by atoms with Gasteiger partial charge in [0.05, 0.1) is 20.5 Å². The lowest BCUT2D eigenvalue weighted by Crippen LogP contribution is -1.99. The Balaban J connectivity index is 2.76. The SMILES string of the molecule is CC[CH]CCOc1c(Br)cc([N+](=O)[O-])cc1Br. The molecular weight excluding hydrogens is 354 g/mol. The molecule has 0 heterocycles. The van der Waals surface area contributed by atoms with Crippen LogP contribution in [0.2, 0.25) is 0 Å². The average molecular weight is 366 g/mol. The van der Waals surface area contributed by atoms with Gasteiger partial charge in [-0.3, -0.25) is 10.1 Å². The van der Waals surface area contributed by atoms with Crippen LogP contribution in [0.25, 0.3) is 0 Å². The monoisotopic (exact) mass is 364 g/mol. The zero-order valence-electron chi connectivity index (χ0n) is 9.28. The van der Waals surface area contributed by atoms with Crippen LogP contribution in [0, 0.1) is 16.5 Å². The molecule has 1 aromatic rings. The van der Waals surface area contributed by atoms with Crippen molar-refractivity contribution in [3.05, 3.63) is 37.6 Å². The van der Waals surface area contributed by atoms with Crippen LogP contribution in [-0.2, 0) is 0 Å². The van der Waals surface area contributed by atoms with Crippen molar-refractivity contribution in [1.82, 2.24) is 0 Å². The Kier molecular flexibility index (Phi) is 5.91. The molecule has 0 saturated heterocycles. The van der Waals surface area contributed by atoms with E-state index < -0.39 is 4.92 Å². The molecule has 4 nitrogen and oxygen atoms in total. The van der Waals surface area contributed by atoms with Crippen molar-refractivity contribution in [3.8, 4) is 5.75 Å². The van der Waals surface area contributed by atoms with Gasteiger partial charge in [0.1, 0.15) is 5.75 Å². The van der Waals surface area contributed by atoms with Crippen molar-refractivity contribution in [2.24, 2.45) is 0 Å². The Hall–Kier alpha value is -0.620. The van der Waals surface area contributed by atoms with E-state index in [-0.39, 0.29) is 5.69 Å². The standard InChI is InChI=1S/C11H12Br2NO3/c1-2-3-4-5-17-11-9(12)6-8(14(15)16)7-10(11)13/h3,6-7H,2,4-5H2,1H3. The zero-order chi connectivity index (χ0) is 12.8. The van der Waals surface area contributed by atoms with Crippen LogP contribution in [0.1, 0.15) is 19.8 Å². The first-order valence-electron chi connectivity index (χ1n) is 5.14. The van der Waals surface area contributed by atoms with Crippen molar-refractivity contribution in [2.45, 2.75) is 19.8 Å². The van der Waals surface area contributed by atoms with Crippen molar-refractivity contribution in [1.29, 1.82) is 0 Å². The highest BCUT2D eigenvalue weighted by Gasteiger charge is 2.14. The maximum absolute atomic E-state index is 10.6. The van der Waals surface area contributed by atoms with Crippen molar-refractivity contribution >= 4 is 37.5 Å². The van der Waals surface area contributed by atoms with Gasteiger partial charge < -0.3 is 4.74 Å². The van der Waals surface area contributed by atoms with Gasteiger partial charge in [-0.25, -0.2) is 0 Å². The summed E-state index contributed by atoms with van der Waals surface area (Å²) in [6.07, 6.45) is 3.98. The maximum atomic E-state index is 10.6. The summed E-state index contributed by atoms with van der Waals surface area (Å²) in [5.74, 6) is 0.597. The lowest BCUT2D eigenvalue weighted by Gasteiger charge is -2.09. The first-order chi connectivity index (χ1) is 8.06. The summed E-state index contributed by atoms with van der Waals surface area (Å²) in [5, 5.41) is 10.6. The molecule has 0 atom stereocenters. The van der Waals surface area contributed by atoms with Crippen LogP contribution in [0.3, 0.4) is 0 Å². The molecule has 0 aromatic heterocycles. The smallest absolute Gasteiger partial charge is 0.271 e. The number of hydrogen-bond acceptors (Lipinski definition) is 3. The molecule has 0 amide bonds. The van der Waals surface area contributed by atoms with Crippen LogP contribution < -0.4 is 4.74 Å². The molecule has 93 valence electrons. The van der Waals surface area contributed by atoms with Gasteiger partial charge >= 0.3 is 0 Å². The van der Waals surface area contributed by atoms with E-state index in [4.69, 9.17) is 4.74 Å². The number of hydrogen-bond donors (Lipinski definition) is 0. The lowest BCUT2D eigenvalue weighted by molar-refractivity contribution is -0.385. The second kappa shape index (κ2) is 6.96. The minimum Gasteiger partial charge on any atom is -0.491 e. The third kappa shape index (κ3) is 4.27. The fourth-order valence-electron chi connectivity index (χ4n) is 1.24. The van der Waals surface area contributed by atoms with Crippen LogP contribution >= 0.6 is 31.9 Å². The summed E-state index contributed by atoms with van der Waals surface area (Å²) in [7, 11) is 0. The highest BCUT2D eigenvalue weighted by Crippen LogP contribution is 2.37. The van der Waals surface area contributed by atoms with Crippen molar-refractivity contribution in [2.75, 3.05) is 6.61 Å². The summed E-state index contributed by atoms with van der Waals surface area (Å²) in [5.41, 5.74) is 0.0243. The number of benzene rings is 1. The molecule has 0 saturated carbocycles. The van der Waals surface area contributed by atoms with E-state index in [0.717, 1.165) is 12.8 Å². The summed E-state index contributed by atoms with van der Waals surface area (Å²) in [6.45, 7) is 2.63. The summed E-state index contributed by atoms with van der Waals surface area (Å²) < 4.78 is 6.71. The fraction of sp³-hybridized carbons (Fsp3) is 0.364. The van der Waals surface area contributed by atoms with E-state index >= 15 is 0 Å². The molecule has 17 heavy (non-hydrogen) atoms. The van der Waals surface area contributed by atoms with Gasteiger partial charge in [-0.05, 0) is 44.7 Å². The van der Waals surface area contributed by atoms with E-state index in [9.17, 15) is 10.1 Å². The van der Waals surface area contributed by atoms with Gasteiger partial charge in [-0.2, -0.15) is 0 Å². The maximum Gasteiger partial charge on any atom is 0.271 e. The number of nitrogens with zero attached hydrogens (tertiary/aromatic N) is 1. The molecule has 0 aliphatic heterocycles. The van der Waals surface area contributed by atoms with Gasteiger partial charge in [0.2, 0.25) is 0 Å². The first kappa shape index (κ1) is 14.4. The van der Waals surface area contributed by atoms with E-state index in [1.165, 1.54) is 12.1 Å². The third-order valence-corrected chi connectivity index (χ3v) is 3.23. The molecule has 0 spiro atoms. The van der Waals surface area contributed by atoms with E-state index in [1.807, 2.05) is 0 Å². The molecule has 0 bridgehead atoms. The number of rotatable bonds is 6. The summed E-state index contributed by atoms with van der Waals surface area (Å²) in [4.78, 5) is 10.2. The molecule has 6 heteroatoms. The van der Waals surface area contributed by atoms with Gasteiger partial charge in [0.15, 0.2) is 0 Å². The highest BCUT2D eigenvalue weighted by atomic mass is 79.9. The number of halogens is 2. The molecule has 0 unspecified atom stereocenters. The van der Waals surface area contributed by atoms with Crippen molar-refractivity contribution in [3.63, 3.8) is 0 Å². The molecule has 0 aliphatic rings. The minimum absolute atomic E-state index is 0.0243. The van der Waals surface area contributed by atoms with E-state index in [1.54, 1.807) is 0 Å². The second-order valence-electron chi connectivity index (χ2n) is 3.33. The first-order valence-corrected chi connectivity index (χ1v) is 6.72. The number of nitro benzene ring substituents is 1. The Morgan fingerprint density at radius 3 is 2.47 bits per heavy atom. The number of ether oxygens (including phenoxy) is 1. The normalized spacial score (nSPS) is 10.3. The molecule has 0 fully saturated rings. The molecule has 1 rings (SSSR count). The van der Waals surface area contributed by atoms with Gasteiger partial charge in [-0.1, -0.05) is 13.3 Å². The summed E-state index contributed by atoms with van der Waals surface area (Å²) in [6, 6.07) is 2.87. The van der Waals surface area contributed by atoms with Crippen LogP contribution in [0.15, 0.2) is 21.1 Å². The topological polar surface area (TPSA) is 52.4 Å². The quantitative estimate of drug-likeness (QED) is 0.423. The predicted octanol–water partition coefficient (Wildman–Crippen LogP) is 4.50. The Labute approximate surface area is 117 Å². The Morgan fingerprint density at radius 1 is 1.41 bits per heavy atom. The van der Waals surface area contributed by atoms with Crippen LogP contribution in [0.5, 0.6) is 5.75 Å². The van der Waals surface area contributed by atoms with Crippen LogP contribution in [0.4, 0.5) is 5.69 Å². The largest absolute Gasteiger partial charge is 0.491 e. The molecule has 1 aromatic carbocycles. The second-order valence-corrected chi connectivity index (χ2v) is 5.04. The summed E-state index contributed by atoms with van der Waals surface area (Å²) >= 11 is 6.53. The molecule has 1 radical (unpaired) electrons. The Bertz CT molecular complexity index is 387.